The van der Waals surface area contributed by atoms with Gasteiger partial charge in [-0.1, -0.05) is 30.3 Å². The molecule has 0 radical (unpaired) electrons. The van der Waals surface area contributed by atoms with Crippen LogP contribution < -0.4 is 10.5 Å². The molecule has 2 N–H and O–H groups in total. The first-order chi connectivity index (χ1) is 9.79. The quantitative estimate of drug-likeness (QED) is 0.789. The fraction of sp³-hybridized carbons (Fsp3) is 0.118. The summed E-state index contributed by atoms with van der Waals surface area (Å²) in [6.45, 7) is 0. The molecule has 3 heteroatoms. The van der Waals surface area contributed by atoms with Gasteiger partial charge in [0.15, 0.2) is 0 Å². The molecule has 1 atom stereocenters. The zero-order valence-electron chi connectivity index (χ0n) is 11.3. The summed E-state index contributed by atoms with van der Waals surface area (Å²) in [7, 11) is 1.66. The Hall–Kier alpha value is -2.39. The Morgan fingerprint density at radius 1 is 1.05 bits per heavy atom. The number of nitrogens with two attached hydrogens (primary N) is 1. The van der Waals surface area contributed by atoms with E-state index in [4.69, 9.17) is 10.5 Å². The number of fused-ring (bicyclic) bond motifs is 1. The van der Waals surface area contributed by atoms with Crippen LogP contribution in [0.4, 0.5) is 0 Å². The van der Waals surface area contributed by atoms with Crippen molar-refractivity contribution in [3.05, 3.63) is 71.9 Å². The Morgan fingerprint density at radius 3 is 2.75 bits per heavy atom. The normalized spacial score (nSPS) is 12.3. The number of aromatic nitrogens is 1. The van der Waals surface area contributed by atoms with E-state index in [1.807, 2.05) is 48.5 Å². The number of methoxy groups -OCH3 is 1. The predicted molar refractivity (Wildman–Crippen MR) is 80.8 cm³/mol. The van der Waals surface area contributed by atoms with Crippen LogP contribution in [0.3, 0.4) is 0 Å². The second-order valence-electron chi connectivity index (χ2n) is 4.68. The molecular weight excluding hydrogens is 248 g/mol. The number of hydrogen-bond acceptors (Lipinski definition) is 3. The summed E-state index contributed by atoms with van der Waals surface area (Å²) in [6, 6.07) is 17.7. The summed E-state index contributed by atoms with van der Waals surface area (Å²) in [4.78, 5) is 4.32. The van der Waals surface area contributed by atoms with Gasteiger partial charge < -0.3 is 10.5 Å². The topological polar surface area (TPSA) is 48.1 Å². The van der Waals surface area contributed by atoms with Crippen LogP contribution in [0.15, 0.2) is 60.8 Å². The van der Waals surface area contributed by atoms with Gasteiger partial charge in [0, 0.05) is 17.1 Å². The standard InChI is InChI=1S/C17H16N2O/c1-20-16-7-3-2-6-14(16)17(18)13-8-9-15-12(11-13)5-4-10-19-15/h2-11,17H,18H2,1H3. The third-order valence-corrected chi connectivity index (χ3v) is 3.46. The minimum Gasteiger partial charge on any atom is -0.496 e. The molecule has 20 heavy (non-hydrogen) atoms. The van der Waals surface area contributed by atoms with Gasteiger partial charge in [0.2, 0.25) is 0 Å². The largest absolute Gasteiger partial charge is 0.496 e. The van der Waals surface area contributed by atoms with Crippen molar-refractivity contribution in [3.8, 4) is 5.75 Å². The van der Waals surface area contributed by atoms with Crippen LogP contribution in [0.1, 0.15) is 17.2 Å². The van der Waals surface area contributed by atoms with Gasteiger partial charge in [-0.25, -0.2) is 0 Å². The molecule has 0 aliphatic rings. The average Bonchev–Trinajstić information content (AvgIpc) is 2.53. The monoisotopic (exact) mass is 264 g/mol. The van der Waals surface area contributed by atoms with Crippen molar-refractivity contribution in [3.63, 3.8) is 0 Å². The van der Waals surface area contributed by atoms with E-state index in [-0.39, 0.29) is 6.04 Å². The highest BCUT2D eigenvalue weighted by Crippen LogP contribution is 2.29. The molecule has 3 aromatic rings. The van der Waals surface area contributed by atoms with Gasteiger partial charge in [-0.15, -0.1) is 0 Å². The van der Waals surface area contributed by atoms with Crippen LogP contribution >= 0.6 is 0 Å². The van der Waals surface area contributed by atoms with Crippen molar-refractivity contribution in [2.24, 2.45) is 5.73 Å². The predicted octanol–water partition coefficient (Wildman–Crippen LogP) is 3.29. The first-order valence-electron chi connectivity index (χ1n) is 6.53. The first-order valence-corrected chi connectivity index (χ1v) is 6.53. The van der Waals surface area contributed by atoms with E-state index in [1.165, 1.54) is 0 Å². The van der Waals surface area contributed by atoms with Crippen molar-refractivity contribution in [1.29, 1.82) is 0 Å². The Bertz CT molecular complexity index is 740. The summed E-state index contributed by atoms with van der Waals surface area (Å²) in [5, 5.41) is 1.09. The Labute approximate surface area is 118 Å². The van der Waals surface area contributed by atoms with Gasteiger partial charge in [0.1, 0.15) is 5.75 Å². The highest BCUT2D eigenvalue weighted by atomic mass is 16.5. The second kappa shape index (κ2) is 5.31. The summed E-state index contributed by atoms with van der Waals surface area (Å²) in [5.41, 5.74) is 9.39. The van der Waals surface area contributed by atoms with E-state index < -0.39 is 0 Å². The van der Waals surface area contributed by atoms with Crippen LogP contribution in [0.2, 0.25) is 0 Å². The average molecular weight is 264 g/mol. The van der Waals surface area contributed by atoms with Crippen molar-refractivity contribution in [2.75, 3.05) is 7.11 Å². The van der Waals surface area contributed by atoms with Crippen LogP contribution in [0, 0.1) is 0 Å². The zero-order chi connectivity index (χ0) is 13.9. The highest BCUT2D eigenvalue weighted by molar-refractivity contribution is 5.79. The molecule has 0 saturated heterocycles. The maximum absolute atomic E-state index is 6.38. The molecule has 3 rings (SSSR count). The summed E-state index contributed by atoms with van der Waals surface area (Å²) < 4.78 is 5.38. The van der Waals surface area contributed by atoms with Crippen LogP contribution in [-0.2, 0) is 0 Å². The third kappa shape index (κ3) is 2.24. The maximum Gasteiger partial charge on any atom is 0.123 e. The molecule has 100 valence electrons. The zero-order valence-corrected chi connectivity index (χ0v) is 11.3. The smallest absolute Gasteiger partial charge is 0.123 e. The molecule has 0 aliphatic heterocycles. The van der Waals surface area contributed by atoms with E-state index in [0.717, 1.165) is 27.8 Å². The van der Waals surface area contributed by atoms with E-state index in [2.05, 4.69) is 11.1 Å². The van der Waals surface area contributed by atoms with Crippen molar-refractivity contribution in [2.45, 2.75) is 6.04 Å². The molecular formula is C17H16N2O. The lowest BCUT2D eigenvalue weighted by Gasteiger charge is -2.16. The van der Waals surface area contributed by atoms with Gasteiger partial charge >= 0.3 is 0 Å². The molecule has 1 unspecified atom stereocenters. The van der Waals surface area contributed by atoms with E-state index in [9.17, 15) is 0 Å². The number of rotatable bonds is 3. The Kier molecular flexibility index (Phi) is 3.35. The van der Waals surface area contributed by atoms with Crippen molar-refractivity contribution >= 4 is 10.9 Å². The van der Waals surface area contributed by atoms with E-state index in [0.29, 0.717) is 0 Å². The Balaban J connectivity index is 2.05. The number of benzene rings is 2. The summed E-state index contributed by atoms with van der Waals surface area (Å²) in [5.74, 6) is 0.811. The Morgan fingerprint density at radius 2 is 1.90 bits per heavy atom. The van der Waals surface area contributed by atoms with E-state index in [1.54, 1.807) is 13.3 Å². The van der Waals surface area contributed by atoms with Gasteiger partial charge in [-0.3, -0.25) is 4.98 Å². The molecule has 0 bridgehead atoms. The van der Waals surface area contributed by atoms with Crippen molar-refractivity contribution < 1.29 is 4.74 Å². The first kappa shape index (κ1) is 12.6. The maximum atomic E-state index is 6.38. The van der Waals surface area contributed by atoms with Crippen molar-refractivity contribution in [1.82, 2.24) is 4.98 Å². The summed E-state index contributed by atoms with van der Waals surface area (Å²) in [6.07, 6.45) is 1.79. The molecule has 0 spiro atoms. The number of hydrogen-bond donors (Lipinski definition) is 1. The lowest BCUT2D eigenvalue weighted by atomic mass is 9.97. The molecule has 1 heterocycles. The van der Waals surface area contributed by atoms with Gasteiger partial charge in [0.25, 0.3) is 0 Å². The van der Waals surface area contributed by atoms with Gasteiger partial charge in [-0.05, 0) is 29.8 Å². The SMILES string of the molecule is COc1ccccc1C(N)c1ccc2ncccc2c1. The molecule has 2 aromatic carbocycles. The number of pyridine rings is 1. The van der Waals surface area contributed by atoms with Gasteiger partial charge in [-0.2, -0.15) is 0 Å². The molecule has 0 amide bonds. The fourth-order valence-electron chi connectivity index (χ4n) is 2.39. The number of ether oxygens (including phenoxy) is 1. The third-order valence-electron chi connectivity index (χ3n) is 3.46. The lowest BCUT2D eigenvalue weighted by molar-refractivity contribution is 0.408. The summed E-state index contributed by atoms with van der Waals surface area (Å²) >= 11 is 0. The molecule has 3 nitrogen and oxygen atoms in total. The molecule has 0 aliphatic carbocycles. The van der Waals surface area contributed by atoms with Crippen LogP contribution in [0.5, 0.6) is 5.75 Å². The lowest BCUT2D eigenvalue weighted by Crippen LogP contribution is -2.13. The molecule has 0 saturated carbocycles. The molecule has 0 fully saturated rings. The minimum absolute atomic E-state index is 0.212. The number of nitrogens with zero attached hydrogens (tertiary/aromatic N) is 1. The highest BCUT2D eigenvalue weighted by Gasteiger charge is 2.13. The van der Waals surface area contributed by atoms with Gasteiger partial charge in [0.05, 0.1) is 18.7 Å². The number of para-hydroxylation sites is 1. The fourth-order valence-corrected chi connectivity index (χ4v) is 2.39. The second-order valence-corrected chi connectivity index (χ2v) is 4.68. The van der Waals surface area contributed by atoms with Crippen LogP contribution in [0.25, 0.3) is 10.9 Å². The minimum atomic E-state index is -0.212. The van der Waals surface area contributed by atoms with E-state index >= 15 is 0 Å². The van der Waals surface area contributed by atoms with Crippen LogP contribution in [-0.4, -0.2) is 12.1 Å². The molecule has 1 aromatic heterocycles.